The number of nitrogens with zero attached hydrogens (tertiary/aromatic N) is 2. The fraction of sp³-hybridized carbons (Fsp3) is 0.357. The molecule has 2 rings (SSSR count). The van der Waals surface area contributed by atoms with Gasteiger partial charge in [0.1, 0.15) is 23.3 Å². The molecular formula is C14H17Cl2N3O. The van der Waals surface area contributed by atoms with Crippen molar-refractivity contribution in [3.63, 3.8) is 0 Å². The van der Waals surface area contributed by atoms with E-state index in [1.807, 2.05) is 25.2 Å². The third-order valence-corrected chi connectivity index (χ3v) is 3.64. The van der Waals surface area contributed by atoms with E-state index in [-0.39, 0.29) is 0 Å². The molecule has 1 N–H and O–H groups in total. The number of para-hydroxylation sites is 1. The predicted octanol–water partition coefficient (Wildman–Crippen LogP) is 3.42. The number of nitrogens with one attached hydrogen (secondary N) is 1. The smallest absolute Gasteiger partial charge is 0.147 e. The number of hydrogen-bond acceptors (Lipinski definition) is 3. The Labute approximate surface area is 128 Å². The summed E-state index contributed by atoms with van der Waals surface area (Å²) in [5.41, 5.74) is 1.03. The molecule has 0 fully saturated rings. The molecule has 0 radical (unpaired) electrons. The lowest BCUT2D eigenvalue weighted by Gasteiger charge is -2.13. The second kappa shape index (κ2) is 6.97. The Bertz CT molecular complexity index is 584. The zero-order valence-electron chi connectivity index (χ0n) is 11.5. The van der Waals surface area contributed by atoms with Gasteiger partial charge in [0.25, 0.3) is 0 Å². The lowest BCUT2D eigenvalue weighted by atomic mass is 10.2. The van der Waals surface area contributed by atoms with Crippen molar-refractivity contribution in [1.29, 1.82) is 0 Å². The van der Waals surface area contributed by atoms with Gasteiger partial charge in [0.15, 0.2) is 0 Å². The summed E-state index contributed by atoms with van der Waals surface area (Å²) in [6.45, 7) is 3.99. The highest BCUT2D eigenvalue weighted by Crippen LogP contribution is 2.29. The van der Waals surface area contributed by atoms with Crippen LogP contribution in [0.5, 0.6) is 5.75 Å². The quantitative estimate of drug-likeness (QED) is 0.888. The highest BCUT2D eigenvalue weighted by atomic mass is 35.5. The van der Waals surface area contributed by atoms with Crippen LogP contribution in [0.25, 0.3) is 0 Å². The van der Waals surface area contributed by atoms with E-state index in [0.29, 0.717) is 29.1 Å². The van der Waals surface area contributed by atoms with E-state index in [4.69, 9.17) is 27.9 Å². The summed E-state index contributed by atoms with van der Waals surface area (Å²) in [4.78, 5) is 4.20. The molecule has 0 bridgehead atoms. The number of hydrogen-bond donors (Lipinski definition) is 1. The van der Waals surface area contributed by atoms with Crippen LogP contribution >= 0.6 is 23.2 Å². The topological polar surface area (TPSA) is 39.1 Å². The van der Waals surface area contributed by atoms with Gasteiger partial charge < -0.3 is 14.6 Å². The first-order valence-electron chi connectivity index (χ1n) is 6.40. The minimum atomic E-state index is 0.325. The number of imidazole rings is 1. The van der Waals surface area contributed by atoms with Crippen molar-refractivity contribution in [2.24, 2.45) is 7.05 Å². The van der Waals surface area contributed by atoms with Gasteiger partial charge in [-0.1, -0.05) is 42.3 Å². The van der Waals surface area contributed by atoms with Gasteiger partial charge in [-0.15, -0.1) is 0 Å². The minimum Gasteiger partial charge on any atom is -0.484 e. The predicted molar refractivity (Wildman–Crippen MR) is 81.4 cm³/mol. The van der Waals surface area contributed by atoms with Gasteiger partial charge in [-0.25, -0.2) is 4.98 Å². The average molecular weight is 314 g/mol. The molecule has 0 aliphatic heterocycles. The van der Waals surface area contributed by atoms with Gasteiger partial charge in [-0.05, 0) is 12.6 Å². The van der Waals surface area contributed by atoms with E-state index < -0.39 is 0 Å². The Hall–Kier alpha value is -1.23. The maximum Gasteiger partial charge on any atom is 0.147 e. The van der Waals surface area contributed by atoms with Crippen LogP contribution in [0.1, 0.15) is 18.3 Å². The first kappa shape index (κ1) is 15.2. The summed E-state index contributed by atoms with van der Waals surface area (Å²) in [6.07, 6.45) is 1.60. The minimum absolute atomic E-state index is 0.325. The molecule has 1 aromatic heterocycles. The Morgan fingerprint density at radius 1 is 1.35 bits per heavy atom. The lowest BCUT2D eigenvalue weighted by Crippen LogP contribution is -2.13. The van der Waals surface area contributed by atoms with Gasteiger partial charge in [0, 0.05) is 19.2 Å². The molecule has 0 atom stereocenters. The molecule has 2 aromatic rings. The van der Waals surface area contributed by atoms with Crippen molar-refractivity contribution in [1.82, 2.24) is 14.9 Å². The van der Waals surface area contributed by atoms with Crippen molar-refractivity contribution in [2.75, 3.05) is 6.54 Å². The Balaban J connectivity index is 2.14. The molecule has 0 saturated heterocycles. The molecule has 108 valence electrons. The van der Waals surface area contributed by atoms with E-state index in [9.17, 15) is 0 Å². The van der Waals surface area contributed by atoms with Crippen LogP contribution in [0.15, 0.2) is 24.4 Å². The van der Waals surface area contributed by atoms with Crippen LogP contribution in [0.3, 0.4) is 0 Å². The molecule has 20 heavy (non-hydrogen) atoms. The molecule has 4 nitrogen and oxygen atoms in total. The van der Waals surface area contributed by atoms with Gasteiger partial charge >= 0.3 is 0 Å². The number of ether oxygens (including phenoxy) is 1. The zero-order valence-corrected chi connectivity index (χ0v) is 13.0. The number of rotatable bonds is 6. The fourth-order valence-corrected chi connectivity index (χ4v) is 2.20. The third-order valence-electron chi connectivity index (χ3n) is 2.99. The molecule has 0 aliphatic rings. The summed E-state index contributed by atoms with van der Waals surface area (Å²) < 4.78 is 7.61. The van der Waals surface area contributed by atoms with Crippen LogP contribution in [-0.4, -0.2) is 16.1 Å². The lowest BCUT2D eigenvalue weighted by molar-refractivity contribution is 0.288. The summed E-state index contributed by atoms with van der Waals surface area (Å²) in [5, 5.41) is 4.44. The van der Waals surface area contributed by atoms with E-state index in [1.165, 1.54) is 0 Å². The summed E-state index contributed by atoms with van der Waals surface area (Å²) >= 11 is 12.2. The standard InChI is InChI=1S/C14H17Cl2N3O/c1-3-17-7-10-5-4-6-11(15)14(10)20-9-13-18-8-12(16)19(13)2/h4-6,8,17H,3,7,9H2,1-2H3. The summed E-state index contributed by atoms with van der Waals surface area (Å²) in [7, 11) is 1.85. The van der Waals surface area contributed by atoms with Crippen LogP contribution in [0, 0.1) is 0 Å². The van der Waals surface area contributed by atoms with Gasteiger partial charge in [-0.3, -0.25) is 0 Å². The second-order valence-electron chi connectivity index (χ2n) is 4.35. The third kappa shape index (κ3) is 3.45. The normalized spacial score (nSPS) is 10.8. The first-order valence-corrected chi connectivity index (χ1v) is 7.16. The van der Waals surface area contributed by atoms with E-state index in [2.05, 4.69) is 17.2 Å². The first-order chi connectivity index (χ1) is 9.63. The number of benzene rings is 1. The Kier molecular flexibility index (Phi) is 5.29. The van der Waals surface area contributed by atoms with Crippen molar-refractivity contribution in [3.8, 4) is 5.75 Å². The highest BCUT2D eigenvalue weighted by Gasteiger charge is 2.11. The monoisotopic (exact) mass is 313 g/mol. The van der Waals surface area contributed by atoms with E-state index in [0.717, 1.165) is 17.9 Å². The van der Waals surface area contributed by atoms with Crippen molar-refractivity contribution in [2.45, 2.75) is 20.1 Å². The van der Waals surface area contributed by atoms with Crippen LogP contribution < -0.4 is 10.1 Å². The average Bonchev–Trinajstić information content (AvgIpc) is 2.76. The fourth-order valence-electron chi connectivity index (χ4n) is 1.81. The second-order valence-corrected chi connectivity index (χ2v) is 5.15. The van der Waals surface area contributed by atoms with Crippen molar-refractivity contribution < 1.29 is 4.74 Å². The molecule has 0 aliphatic carbocycles. The molecule has 1 heterocycles. The van der Waals surface area contributed by atoms with Gasteiger partial charge in [0.2, 0.25) is 0 Å². The summed E-state index contributed by atoms with van der Waals surface area (Å²) in [6, 6.07) is 5.73. The van der Waals surface area contributed by atoms with Crippen LogP contribution in [0.2, 0.25) is 10.2 Å². The number of aromatic nitrogens is 2. The Morgan fingerprint density at radius 3 is 2.80 bits per heavy atom. The van der Waals surface area contributed by atoms with Crippen LogP contribution in [0.4, 0.5) is 0 Å². The molecule has 0 saturated carbocycles. The maximum atomic E-state index is 6.21. The van der Waals surface area contributed by atoms with Crippen molar-refractivity contribution >= 4 is 23.2 Å². The Morgan fingerprint density at radius 2 is 2.15 bits per heavy atom. The largest absolute Gasteiger partial charge is 0.484 e. The SMILES string of the molecule is CCNCc1cccc(Cl)c1OCc1ncc(Cl)n1C. The molecule has 0 spiro atoms. The molecular weight excluding hydrogens is 297 g/mol. The van der Waals surface area contributed by atoms with Gasteiger partial charge in [-0.2, -0.15) is 0 Å². The molecule has 6 heteroatoms. The maximum absolute atomic E-state index is 6.21. The van der Waals surface area contributed by atoms with Gasteiger partial charge in [0.05, 0.1) is 11.2 Å². The van der Waals surface area contributed by atoms with E-state index in [1.54, 1.807) is 10.8 Å². The van der Waals surface area contributed by atoms with E-state index >= 15 is 0 Å². The van der Waals surface area contributed by atoms with Crippen molar-refractivity contribution in [3.05, 3.63) is 46.0 Å². The molecule has 1 aromatic carbocycles. The summed E-state index contributed by atoms with van der Waals surface area (Å²) in [5.74, 6) is 1.44. The molecule has 0 unspecified atom stereocenters. The van der Waals surface area contributed by atoms with Crippen LogP contribution in [-0.2, 0) is 20.2 Å². The zero-order chi connectivity index (χ0) is 14.5. The molecule has 0 amide bonds. The number of halogens is 2. The highest BCUT2D eigenvalue weighted by molar-refractivity contribution is 6.32.